The Morgan fingerprint density at radius 1 is 1.12 bits per heavy atom. The summed E-state index contributed by atoms with van der Waals surface area (Å²) in [6.45, 7) is 4.96. The van der Waals surface area contributed by atoms with Crippen molar-refractivity contribution in [2.45, 2.75) is 64.1 Å². The lowest BCUT2D eigenvalue weighted by atomic mass is 9.84. The molecule has 1 N–H and O–H groups in total. The number of amides is 1. The van der Waals surface area contributed by atoms with Crippen LogP contribution in [-0.4, -0.2) is 46.2 Å². The highest BCUT2D eigenvalue weighted by Crippen LogP contribution is 2.31. The van der Waals surface area contributed by atoms with Crippen LogP contribution in [0.4, 0.5) is 4.79 Å². The molecular formula is C20H30N2O2. The third-order valence-corrected chi connectivity index (χ3v) is 5.92. The largest absolute Gasteiger partial charge is 0.465 e. The van der Waals surface area contributed by atoms with E-state index >= 15 is 0 Å². The number of piperidine rings is 1. The first-order valence-corrected chi connectivity index (χ1v) is 9.42. The van der Waals surface area contributed by atoms with E-state index in [-0.39, 0.29) is 6.04 Å². The van der Waals surface area contributed by atoms with Crippen molar-refractivity contribution >= 4 is 6.09 Å². The quantitative estimate of drug-likeness (QED) is 0.899. The molecule has 2 fully saturated rings. The first-order valence-electron chi connectivity index (χ1n) is 9.42. The number of nitrogens with zero attached hydrogens (tertiary/aromatic N) is 2. The fraction of sp³-hybridized carbons (Fsp3) is 0.650. The number of carboxylic acid groups (broad SMARTS) is 1. The molecule has 0 bridgehead atoms. The van der Waals surface area contributed by atoms with Gasteiger partial charge in [0.2, 0.25) is 0 Å². The minimum Gasteiger partial charge on any atom is -0.465 e. The van der Waals surface area contributed by atoms with Gasteiger partial charge in [0, 0.05) is 31.7 Å². The van der Waals surface area contributed by atoms with Crippen molar-refractivity contribution in [2.75, 3.05) is 13.1 Å². The molecule has 0 radical (unpaired) electrons. The van der Waals surface area contributed by atoms with Gasteiger partial charge in [0.05, 0.1) is 0 Å². The Morgan fingerprint density at radius 2 is 1.79 bits per heavy atom. The van der Waals surface area contributed by atoms with Crippen molar-refractivity contribution in [1.29, 1.82) is 0 Å². The summed E-state index contributed by atoms with van der Waals surface area (Å²) >= 11 is 0. The van der Waals surface area contributed by atoms with Crippen LogP contribution in [0.15, 0.2) is 30.3 Å². The maximum absolute atomic E-state index is 11.8. The maximum Gasteiger partial charge on any atom is 0.407 e. The molecule has 1 saturated carbocycles. The van der Waals surface area contributed by atoms with Crippen molar-refractivity contribution in [1.82, 2.24) is 9.80 Å². The zero-order valence-corrected chi connectivity index (χ0v) is 14.7. The molecule has 4 heteroatoms. The van der Waals surface area contributed by atoms with Gasteiger partial charge in [-0.1, -0.05) is 50.1 Å². The summed E-state index contributed by atoms with van der Waals surface area (Å²) in [5.41, 5.74) is 1.07. The molecule has 132 valence electrons. The molecule has 24 heavy (non-hydrogen) atoms. The number of rotatable bonds is 4. The average molecular weight is 330 g/mol. The third-order valence-electron chi connectivity index (χ3n) is 5.92. The van der Waals surface area contributed by atoms with E-state index in [1.165, 1.54) is 25.7 Å². The van der Waals surface area contributed by atoms with E-state index in [0.29, 0.717) is 12.6 Å². The third kappa shape index (κ3) is 4.10. The highest BCUT2D eigenvalue weighted by atomic mass is 16.4. The van der Waals surface area contributed by atoms with Crippen LogP contribution in [0.3, 0.4) is 0 Å². The van der Waals surface area contributed by atoms with Gasteiger partial charge in [0.15, 0.2) is 0 Å². The first-order chi connectivity index (χ1) is 11.6. The Kier molecular flexibility index (Phi) is 5.77. The minimum atomic E-state index is -0.789. The smallest absolute Gasteiger partial charge is 0.407 e. The lowest BCUT2D eigenvalue weighted by Gasteiger charge is -2.44. The first kappa shape index (κ1) is 17.3. The van der Waals surface area contributed by atoms with Crippen molar-refractivity contribution in [3.8, 4) is 0 Å². The van der Waals surface area contributed by atoms with E-state index in [9.17, 15) is 9.90 Å². The predicted octanol–water partition coefficient (Wildman–Crippen LogP) is 4.21. The minimum absolute atomic E-state index is 0.151. The second-order valence-electron chi connectivity index (χ2n) is 7.49. The molecule has 1 aliphatic carbocycles. The summed E-state index contributed by atoms with van der Waals surface area (Å²) in [7, 11) is 0. The molecule has 2 atom stereocenters. The Labute approximate surface area is 145 Å². The van der Waals surface area contributed by atoms with Gasteiger partial charge in [-0.15, -0.1) is 0 Å². The molecule has 4 nitrogen and oxygen atoms in total. The van der Waals surface area contributed by atoms with Crippen LogP contribution in [0.1, 0.15) is 51.0 Å². The van der Waals surface area contributed by atoms with Crippen LogP contribution in [-0.2, 0) is 6.54 Å². The molecule has 1 aromatic rings. The predicted molar refractivity (Wildman–Crippen MR) is 96.0 cm³/mol. The molecule has 1 saturated heterocycles. The average Bonchev–Trinajstić information content (AvgIpc) is 2.61. The van der Waals surface area contributed by atoms with Gasteiger partial charge in [-0.3, -0.25) is 4.90 Å². The molecule has 2 unspecified atom stereocenters. The second kappa shape index (κ2) is 8.02. The summed E-state index contributed by atoms with van der Waals surface area (Å²) in [4.78, 5) is 16.0. The van der Waals surface area contributed by atoms with E-state index in [2.05, 4.69) is 11.8 Å². The molecule has 0 aromatic heterocycles. The van der Waals surface area contributed by atoms with Gasteiger partial charge >= 0.3 is 6.09 Å². The molecular weight excluding hydrogens is 300 g/mol. The Balaban J connectivity index is 1.58. The second-order valence-corrected chi connectivity index (χ2v) is 7.49. The van der Waals surface area contributed by atoms with Gasteiger partial charge < -0.3 is 10.0 Å². The van der Waals surface area contributed by atoms with Gasteiger partial charge in [-0.25, -0.2) is 4.79 Å². The van der Waals surface area contributed by atoms with Gasteiger partial charge in [-0.2, -0.15) is 0 Å². The normalized spacial score (nSPS) is 26.2. The van der Waals surface area contributed by atoms with Gasteiger partial charge in [-0.05, 0) is 37.2 Å². The van der Waals surface area contributed by atoms with Crippen LogP contribution in [0.25, 0.3) is 0 Å². The zero-order valence-electron chi connectivity index (χ0n) is 14.7. The molecule has 1 heterocycles. The summed E-state index contributed by atoms with van der Waals surface area (Å²) in [6.07, 6.45) is 6.52. The highest BCUT2D eigenvalue weighted by Gasteiger charge is 2.33. The fourth-order valence-electron chi connectivity index (χ4n) is 4.50. The van der Waals surface area contributed by atoms with Crippen LogP contribution in [0.2, 0.25) is 0 Å². The number of hydrogen-bond acceptors (Lipinski definition) is 2. The van der Waals surface area contributed by atoms with Crippen LogP contribution in [0, 0.1) is 5.92 Å². The molecule has 3 rings (SSSR count). The number of carbonyl (C=O) groups is 1. The maximum atomic E-state index is 11.8. The Bertz CT molecular complexity index is 526. The summed E-state index contributed by atoms with van der Waals surface area (Å²) in [5, 5.41) is 9.66. The van der Waals surface area contributed by atoms with Crippen LogP contribution < -0.4 is 0 Å². The van der Waals surface area contributed by atoms with Crippen molar-refractivity contribution in [2.24, 2.45) is 5.92 Å². The number of benzene rings is 1. The van der Waals surface area contributed by atoms with Crippen LogP contribution in [0.5, 0.6) is 0 Å². The molecule has 1 amide bonds. The van der Waals surface area contributed by atoms with Crippen molar-refractivity contribution < 1.29 is 9.90 Å². The van der Waals surface area contributed by atoms with E-state index in [1.807, 2.05) is 30.3 Å². The fourth-order valence-corrected chi connectivity index (χ4v) is 4.50. The van der Waals surface area contributed by atoms with Crippen molar-refractivity contribution in [3.05, 3.63) is 35.9 Å². The van der Waals surface area contributed by atoms with Crippen LogP contribution >= 0.6 is 0 Å². The number of hydrogen-bond donors (Lipinski definition) is 1. The monoisotopic (exact) mass is 330 g/mol. The lowest BCUT2D eigenvalue weighted by molar-refractivity contribution is 0.0475. The SMILES string of the molecule is CC1CCCCC1N1CCC(N(Cc2ccccc2)C(=O)O)CC1. The standard InChI is InChI=1S/C20H30N2O2/c1-16-7-5-6-10-19(16)21-13-11-18(12-14-21)22(20(23)24)15-17-8-3-2-4-9-17/h2-4,8-9,16,18-19H,5-7,10-15H2,1H3,(H,23,24). The Hall–Kier alpha value is -1.55. The van der Waals surface area contributed by atoms with Gasteiger partial charge in [0.25, 0.3) is 0 Å². The topological polar surface area (TPSA) is 43.8 Å². The summed E-state index contributed by atoms with van der Waals surface area (Å²) < 4.78 is 0. The zero-order chi connectivity index (χ0) is 16.9. The van der Waals surface area contributed by atoms with E-state index in [0.717, 1.165) is 37.4 Å². The van der Waals surface area contributed by atoms with E-state index < -0.39 is 6.09 Å². The van der Waals surface area contributed by atoms with Crippen molar-refractivity contribution in [3.63, 3.8) is 0 Å². The summed E-state index contributed by atoms with van der Waals surface area (Å²) in [5.74, 6) is 0.787. The molecule has 1 aliphatic heterocycles. The molecule has 1 aromatic carbocycles. The number of likely N-dealkylation sites (tertiary alicyclic amines) is 1. The Morgan fingerprint density at radius 3 is 2.42 bits per heavy atom. The lowest BCUT2D eigenvalue weighted by Crippen LogP contribution is -2.51. The van der Waals surface area contributed by atoms with E-state index in [4.69, 9.17) is 0 Å². The van der Waals surface area contributed by atoms with Gasteiger partial charge in [0.1, 0.15) is 0 Å². The summed E-state index contributed by atoms with van der Waals surface area (Å²) in [6, 6.07) is 10.8. The van der Waals surface area contributed by atoms with E-state index in [1.54, 1.807) is 4.90 Å². The molecule has 2 aliphatic rings. The molecule has 0 spiro atoms. The highest BCUT2D eigenvalue weighted by molar-refractivity contribution is 5.65.